The molecule has 7 nitrogen and oxygen atoms in total. The first-order chi connectivity index (χ1) is 10.2. The molecule has 0 amide bonds. The average molecular weight is 288 g/mol. The van der Waals surface area contributed by atoms with Crippen LogP contribution in [0.5, 0.6) is 17.2 Å². The predicted octanol–water partition coefficient (Wildman–Crippen LogP) is 2.05. The van der Waals surface area contributed by atoms with E-state index in [9.17, 15) is 5.11 Å². The van der Waals surface area contributed by atoms with Gasteiger partial charge in [0.15, 0.2) is 11.5 Å². The summed E-state index contributed by atoms with van der Waals surface area (Å²) < 4.78 is 10.8. The molecule has 0 fully saturated rings. The van der Waals surface area contributed by atoms with Crippen molar-refractivity contribution < 1.29 is 14.6 Å². The van der Waals surface area contributed by atoms with Gasteiger partial charge in [-0.3, -0.25) is 0 Å². The first-order valence-electron chi connectivity index (χ1n) is 6.59. The maximum atomic E-state index is 9.97. The number of benzene rings is 1. The molecule has 1 aromatic carbocycles. The first kappa shape index (κ1) is 13.3. The lowest BCUT2D eigenvalue weighted by atomic mass is 10.2. The van der Waals surface area contributed by atoms with Crippen molar-refractivity contribution in [2.45, 2.75) is 6.92 Å². The van der Waals surface area contributed by atoms with Crippen LogP contribution in [0.25, 0.3) is 0 Å². The molecule has 0 saturated heterocycles. The van der Waals surface area contributed by atoms with Crippen molar-refractivity contribution in [1.82, 2.24) is 9.97 Å². The lowest BCUT2D eigenvalue weighted by Gasteiger charge is -2.20. The summed E-state index contributed by atoms with van der Waals surface area (Å²) in [4.78, 5) is 8.60. The highest BCUT2D eigenvalue weighted by atomic mass is 16.6. The Bertz CT molecular complexity index is 676. The van der Waals surface area contributed by atoms with E-state index in [0.29, 0.717) is 42.2 Å². The van der Waals surface area contributed by atoms with Crippen molar-refractivity contribution in [3.05, 3.63) is 23.9 Å². The van der Waals surface area contributed by atoms with Crippen LogP contribution in [0.1, 0.15) is 5.69 Å². The summed E-state index contributed by atoms with van der Waals surface area (Å²) in [7, 11) is 1.79. The second-order valence-corrected chi connectivity index (χ2v) is 4.61. The molecule has 2 heterocycles. The van der Waals surface area contributed by atoms with Gasteiger partial charge in [-0.05, 0) is 6.92 Å². The molecule has 3 N–H and O–H groups in total. The molecular formula is C14H16N4O3. The zero-order valence-electron chi connectivity index (χ0n) is 11.8. The summed E-state index contributed by atoms with van der Waals surface area (Å²) in [5.74, 6) is 2.05. The zero-order valence-corrected chi connectivity index (χ0v) is 11.8. The molecule has 0 saturated carbocycles. The maximum Gasteiger partial charge on any atom is 0.229 e. The molecule has 21 heavy (non-hydrogen) atoms. The number of ether oxygens (including phenoxy) is 2. The second kappa shape index (κ2) is 5.35. The predicted molar refractivity (Wildman–Crippen MR) is 78.7 cm³/mol. The van der Waals surface area contributed by atoms with E-state index in [1.54, 1.807) is 19.2 Å². The van der Waals surface area contributed by atoms with Crippen molar-refractivity contribution in [2.75, 3.05) is 30.9 Å². The second-order valence-electron chi connectivity index (χ2n) is 4.61. The number of nitrogens with zero attached hydrogens (tertiary/aromatic N) is 2. The number of hydrogen-bond acceptors (Lipinski definition) is 7. The molecule has 0 unspecified atom stereocenters. The first-order valence-corrected chi connectivity index (χ1v) is 6.59. The lowest BCUT2D eigenvalue weighted by Crippen LogP contribution is -2.15. The molecule has 1 aliphatic rings. The van der Waals surface area contributed by atoms with Crippen LogP contribution in [-0.4, -0.2) is 35.3 Å². The smallest absolute Gasteiger partial charge is 0.229 e. The fraction of sp³-hybridized carbons (Fsp3) is 0.286. The Labute approximate surface area is 122 Å². The van der Waals surface area contributed by atoms with Crippen LogP contribution in [0.4, 0.5) is 17.5 Å². The lowest BCUT2D eigenvalue weighted by molar-refractivity contribution is 0.166. The monoisotopic (exact) mass is 288 g/mol. The highest BCUT2D eigenvalue weighted by Gasteiger charge is 2.17. The van der Waals surface area contributed by atoms with E-state index < -0.39 is 0 Å². The molecule has 7 heteroatoms. The van der Waals surface area contributed by atoms with E-state index in [1.165, 1.54) is 0 Å². The van der Waals surface area contributed by atoms with Gasteiger partial charge in [0.25, 0.3) is 0 Å². The van der Waals surface area contributed by atoms with Gasteiger partial charge in [-0.2, -0.15) is 4.98 Å². The van der Waals surface area contributed by atoms with Crippen molar-refractivity contribution in [3.8, 4) is 17.2 Å². The van der Waals surface area contributed by atoms with Crippen molar-refractivity contribution >= 4 is 17.5 Å². The number of phenols is 1. The number of nitrogens with one attached hydrogen (secondary N) is 2. The van der Waals surface area contributed by atoms with E-state index in [2.05, 4.69) is 20.6 Å². The van der Waals surface area contributed by atoms with Gasteiger partial charge < -0.3 is 25.2 Å². The average Bonchev–Trinajstić information content (AvgIpc) is 2.46. The van der Waals surface area contributed by atoms with E-state index in [0.717, 1.165) is 5.69 Å². The third-order valence-electron chi connectivity index (χ3n) is 2.99. The van der Waals surface area contributed by atoms with Gasteiger partial charge in [0, 0.05) is 36.6 Å². The number of phenolic OH excluding ortho intramolecular Hbond substituents is 1. The molecule has 0 atom stereocenters. The third-order valence-corrected chi connectivity index (χ3v) is 2.99. The molecule has 1 aromatic heterocycles. The number of fused-ring (bicyclic) bond motifs is 1. The molecule has 2 aromatic rings. The maximum absolute atomic E-state index is 9.97. The number of anilines is 3. The van der Waals surface area contributed by atoms with Gasteiger partial charge >= 0.3 is 0 Å². The van der Waals surface area contributed by atoms with E-state index in [1.807, 2.05) is 13.0 Å². The van der Waals surface area contributed by atoms with Gasteiger partial charge in [0.05, 0.1) is 0 Å². The standard InChI is InChI=1S/C14H16N4O3/c1-8-5-12(15-2)18-14(16-8)17-9-6-10(19)13-11(7-9)20-3-4-21-13/h5-7,19H,3-4H2,1-2H3,(H2,15,16,17,18). The number of aromatic hydroxyl groups is 1. The summed E-state index contributed by atoms with van der Waals surface area (Å²) in [6.07, 6.45) is 0. The highest BCUT2D eigenvalue weighted by molar-refractivity contribution is 5.66. The van der Waals surface area contributed by atoms with Crippen molar-refractivity contribution in [3.63, 3.8) is 0 Å². The van der Waals surface area contributed by atoms with Crippen molar-refractivity contribution in [1.29, 1.82) is 0 Å². The Balaban J connectivity index is 1.91. The number of aryl methyl sites for hydroxylation is 1. The summed E-state index contributed by atoms with van der Waals surface area (Å²) in [6.45, 7) is 2.77. The summed E-state index contributed by atoms with van der Waals surface area (Å²) in [6, 6.07) is 5.14. The van der Waals surface area contributed by atoms with Crippen molar-refractivity contribution in [2.24, 2.45) is 0 Å². The van der Waals surface area contributed by atoms with Gasteiger partial charge in [0.1, 0.15) is 19.0 Å². The van der Waals surface area contributed by atoms with Gasteiger partial charge in [-0.25, -0.2) is 4.98 Å². The summed E-state index contributed by atoms with van der Waals surface area (Å²) in [5.41, 5.74) is 1.46. The van der Waals surface area contributed by atoms with Crippen LogP contribution < -0.4 is 20.1 Å². The van der Waals surface area contributed by atoms with Crippen LogP contribution in [-0.2, 0) is 0 Å². The Morgan fingerprint density at radius 2 is 1.95 bits per heavy atom. The molecule has 0 aliphatic carbocycles. The molecule has 1 aliphatic heterocycles. The Hall–Kier alpha value is -2.70. The minimum atomic E-state index is 0.0243. The fourth-order valence-electron chi connectivity index (χ4n) is 2.09. The van der Waals surface area contributed by atoms with Crippen LogP contribution in [0.15, 0.2) is 18.2 Å². The largest absolute Gasteiger partial charge is 0.504 e. The SMILES string of the molecule is CNc1cc(C)nc(Nc2cc(O)c3c(c2)OCCO3)n1. The Morgan fingerprint density at radius 3 is 2.76 bits per heavy atom. The third kappa shape index (κ3) is 2.76. The molecule has 110 valence electrons. The highest BCUT2D eigenvalue weighted by Crippen LogP contribution is 2.41. The van der Waals surface area contributed by atoms with Gasteiger partial charge in [0.2, 0.25) is 11.7 Å². The molecule has 0 spiro atoms. The minimum Gasteiger partial charge on any atom is -0.504 e. The van der Waals surface area contributed by atoms with Crippen LogP contribution in [0, 0.1) is 6.92 Å². The van der Waals surface area contributed by atoms with Gasteiger partial charge in [-0.1, -0.05) is 0 Å². The number of hydrogen-bond donors (Lipinski definition) is 3. The zero-order chi connectivity index (χ0) is 14.8. The van der Waals surface area contributed by atoms with E-state index in [-0.39, 0.29) is 5.75 Å². The Morgan fingerprint density at radius 1 is 1.14 bits per heavy atom. The summed E-state index contributed by atoms with van der Waals surface area (Å²) >= 11 is 0. The quantitative estimate of drug-likeness (QED) is 0.796. The molecule has 3 rings (SSSR count). The topological polar surface area (TPSA) is 88.5 Å². The van der Waals surface area contributed by atoms with Gasteiger partial charge in [-0.15, -0.1) is 0 Å². The van der Waals surface area contributed by atoms with Crippen LogP contribution in [0.2, 0.25) is 0 Å². The number of aromatic nitrogens is 2. The molecular weight excluding hydrogens is 272 g/mol. The summed E-state index contributed by atoms with van der Waals surface area (Å²) in [5, 5.41) is 16.0. The van der Waals surface area contributed by atoms with E-state index >= 15 is 0 Å². The number of rotatable bonds is 3. The van der Waals surface area contributed by atoms with Crippen LogP contribution >= 0.6 is 0 Å². The Kier molecular flexibility index (Phi) is 3.39. The normalized spacial score (nSPS) is 12.9. The van der Waals surface area contributed by atoms with E-state index in [4.69, 9.17) is 9.47 Å². The fourth-order valence-corrected chi connectivity index (χ4v) is 2.09. The molecule has 0 bridgehead atoms. The minimum absolute atomic E-state index is 0.0243. The molecule has 0 radical (unpaired) electrons. The van der Waals surface area contributed by atoms with Crippen LogP contribution in [0.3, 0.4) is 0 Å².